The molecule has 0 aliphatic rings. The van der Waals surface area contributed by atoms with Crippen LogP contribution < -0.4 is 0 Å². The third-order valence-electron chi connectivity index (χ3n) is 1.97. The molecule has 5 nitrogen and oxygen atoms in total. The number of ether oxygens (including phenoxy) is 3. The average Bonchev–Trinajstić information content (AvgIpc) is 2.25. The zero-order valence-corrected chi connectivity index (χ0v) is 10.7. The van der Waals surface area contributed by atoms with E-state index in [1.807, 2.05) is 0 Å². The van der Waals surface area contributed by atoms with E-state index in [0.29, 0.717) is 26.1 Å². The first kappa shape index (κ1) is 16.2. The lowest BCUT2D eigenvalue weighted by Crippen LogP contribution is -2.07. The Labute approximate surface area is 102 Å². The molecule has 0 N–H and O–H groups in total. The molecule has 0 spiro atoms. The zero-order valence-electron chi connectivity index (χ0n) is 10.7. The van der Waals surface area contributed by atoms with Gasteiger partial charge in [-0.25, -0.2) is 0 Å². The summed E-state index contributed by atoms with van der Waals surface area (Å²) in [5.74, 6) is 0.339. The highest BCUT2D eigenvalue weighted by molar-refractivity contribution is 5.75. The Kier molecular flexibility index (Phi) is 11.2. The Bertz CT molecular complexity index is 193. The first-order valence-corrected chi connectivity index (χ1v) is 5.85. The molecule has 0 radical (unpaired) electrons. The van der Waals surface area contributed by atoms with E-state index in [1.165, 1.54) is 0 Å². The van der Waals surface area contributed by atoms with Crippen molar-refractivity contribution in [2.24, 2.45) is 0 Å². The lowest BCUT2D eigenvalue weighted by molar-refractivity contribution is -0.134. The van der Waals surface area contributed by atoms with E-state index < -0.39 is 0 Å². The normalized spacial score (nSPS) is 10.5. The summed E-state index contributed by atoms with van der Waals surface area (Å²) >= 11 is 0. The molecule has 0 amide bonds. The Morgan fingerprint density at radius 2 is 1.18 bits per heavy atom. The quantitative estimate of drug-likeness (QED) is 0.387. The number of hydrogen-bond acceptors (Lipinski definition) is 5. The molecule has 0 aromatic carbocycles. The van der Waals surface area contributed by atoms with Crippen molar-refractivity contribution in [2.45, 2.75) is 39.5 Å². The van der Waals surface area contributed by atoms with E-state index in [0.717, 1.165) is 12.8 Å². The van der Waals surface area contributed by atoms with Gasteiger partial charge in [0.2, 0.25) is 0 Å². The Hall–Kier alpha value is -0.780. The number of hydrogen-bond donors (Lipinski definition) is 0. The SMILES string of the molecule is CC(=O)CCCOCOCOCCCC(C)=O. The van der Waals surface area contributed by atoms with Gasteiger partial charge in [-0.05, 0) is 26.7 Å². The third-order valence-corrected chi connectivity index (χ3v) is 1.97. The van der Waals surface area contributed by atoms with Crippen LogP contribution in [0.4, 0.5) is 0 Å². The topological polar surface area (TPSA) is 61.8 Å². The molecule has 0 aromatic heterocycles. The third kappa shape index (κ3) is 15.2. The van der Waals surface area contributed by atoms with Crippen LogP contribution in [0.3, 0.4) is 0 Å². The van der Waals surface area contributed by atoms with E-state index in [2.05, 4.69) is 0 Å². The molecule has 0 saturated carbocycles. The molecule has 0 aromatic rings. The summed E-state index contributed by atoms with van der Waals surface area (Å²) in [5.41, 5.74) is 0. The number of carbonyl (C=O) groups excluding carboxylic acids is 2. The van der Waals surface area contributed by atoms with E-state index in [4.69, 9.17) is 14.2 Å². The van der Waals surface area contributed by atoms with Gasteiger partial charge in [0.15, 0.2) is 0 Å². The predicted octanol–water partition coefficient (Wildman–Crippen LogP) is 1.69. The number of Topliss-reactive ketones (excluding diaryl/α,β-unsaturated/α-hetero) is 2. The Morgan fingerprint density at radius 3 is 1.53 bits per heavy atom. The molecule has 0 heterocycles. The summed E-state index contributed by atoms with van der Waals surface area (Å²) < 4.78 is 15.3. The fraction of sp³-hybridized carbons (Fsp3) is 0.833. The van der Waals surface area contributed by atoms with Crippen molar-refractivity contribution >= 4 is 11.6 Å². The van der Waals surface area contributed by atoms with E-state index in [1.54, 1.807) is 13.8 Å². The molecule has 0 bridgehead atoms. The minimum atomic E-state index is 0.170. The molecule has 0 fully saturated rings. The van der Waals surface area contributed by atoms with Crippen LogP contribution in [-0.4, -0.2) is 38.4 Å². The summed E-state index contributed by atoms with van der Waals surface area (Å²) in [6, 6.07) is 0. The largest absolute Gasteiger partial charge is 0.355 e. The van der Waals surface area contributed by atoms with Crippen molar-refractivity contribution < 1.29 is 23.8 Å². The highest BCUT2D eigenvalue weighted by Crippen LogP contribution is 1.93. The van der Waals surface area contributed by atoms with Crippen molar-refractivity contribution in [2.75, 3.05) is 26.8 Å². The molecule has 5 heteroatoms. The number of carbonyl (C=O) groups is 2. The van der Waals surface area contributed by atoms with Gasteiger partial charge in [0.05, 0.1) is 0 Å². The highest BCUT2D eigenvalue weighted by Gasteiger charge is 1.95. The van der Waals surface area contributed by atoms with Gasteiger partial charge in [-0.15, -0.1) is 0 Å². The van der Waals surface area contributed by atoms with Gasteiger partial charge in [0.1, 0.15) is 25.2 Å². The van der Waals surface area contributed by atoms with Crippen LogP contribution in [0.2, 0.25) is 0 Å². The van der Waals surface area contributed by atoms with Gasteiger partial charge in [0.25, 0.3) is 0 Å². The first-order valence-electron chi connectivity index (χ1n) is 5.85. The molecule has 0 saturated heterocycles. The van der Waals surface area contributed by atoms with Gasteiger partial charge in [0, 0.05) is 26.1 Å². The van der Waals surface area contributed by atoms with Crippen molar-refractivity contribution in [3.8, 4) is 0 Å². The van der Waals surface area contributed by atoms with Crippen molar-refractivity contribution in [3.63, 3.8) is 0 Å². The van der Waals surface area contributed by atoms with Crippen molar-refractivity contribution in [1.29, 1.82) is 0 Å². The summed E-state index contributed by atoms with van der Waals surface area (Å²) in [6.07, 6.45) is 2.53. The van der Waals surface area contributed by atoms with Crippen LogP contribution in [0.1, 0.15) is 39.5 Å². The summed E-state index contributed by atoms with van der Waals surface area (Å²) in [7, 11) is 0. The Morgan fingerprint density at radius 1 is 0.765 bits per heavy atom. The van der Waals surface area contributed by atoms with Crippen LogP contribution in [0, 0.1) is 0 Å². The zero-order chi connectivity index (χ0) is 12.9. The molecule has 17 heavy (non-hydrogen) atoms. The minimum absolute atomic E-state index is 0.170. The van der Waals surface area contributed by atoms with Gasteiger partial charge >= 0.3 is 0 Å². The number of rotatable bonds is 12. The predicted molar refractivity (Wildman–Crippen MR) is 62.6 cm³/mol. The van der Waals surface area contributed by atoms with Crippen LogP contribution in [0.5, 0.6) is 0 Å². The van der Waals surface area contributed by atoms with E-state index in [9.17, 15) is 9.59 Å². The van der Waals surface area contributed by atoms with Crippen LogP contribution in [0.15, 0.2) is 0 Å². The van der Waals surface area contributed by atoms with Crippen molar-refractivity contribution in [3.05, 3.63) is 0 Å². The van der Waals surface area contributed by atoms with Crippen LogP contribution >= 0.6 is 0 Å². The lowest BCUT2D eigenvalue weighted by Gasteiger charge is -2.06. The molecular formula is C12H22O5. The lowest BCUT2D eigenvalue weighted by atomic mass is 10.2. The molecular weight excluding hydrogens is 224 g/mol. The standard InChI is InChI=1S/C12H22O5/c1-11(13)5-3-7-15-9-17-10-16-8-4-6-12(2)14/h3-10H2,1-2H3. The minimum Gasteiger partial charge on any atom is -0.355 e. The van der Waals surface area contributed by atoms with E-state index in [-0.39, 0.29) is 25.2 Å². The highest BCUT2D eigenvalue weighted by atomic mass is 16.7. The number of ketones is 2. The summed E-state index contributed by atoms with van der Waals surface area (Å²) in [4.78, 5) is 21.2. The average molecular weight is 246 g/mol. The fourth-order valence-electron chi connectivity index (χ4n) is 1.12. The fourth-order valence-corrected chi connectivity index (χ4v) is 1.12. The first-order chi connectivity index (χ1) is 8.13. The molecule has 0 aliphatic heterocycles. The molecule has 0 atom stereocenters. The second-order valence-corrected chi connectivity index (χ2v) is 3.87. The van der Waals surface area contributed by atoms with Crippen LogP contribution in [-0.2, 0) is 23.8 Å². The van der Waals surface area contributed by atoms with Gasteiger partial charge in [-0.3, -0.25) is 0 Å². The maximum Gasteiger partial charge on any atom is 0.149 e. The van der Waals surface area contributed by atoms with Gasteiger partial charge in [-0.1, -0.05) is 0 Å². The molecule has 100 valence electrons. The molecule has 0 rings (SSSR count). The summed E-state index contributed by atoms with van der Waals surface area (Å²) in [5, 5.41) is 0. The van der Waals surface area contributed by atoms with Gasteiger partial charge < -0.3 is 23.8 Å². The second-order valence-electron chi connectivity index (χ2n) is 3.87. The van der Waals surface area contributed by atoms with E-state index >= 15 is 0 Å². The van der Waals surface area contributed by atoms with Gasteiger partial charge in [-0.2, -0.15) is 0 Å². The monoisotopic (exact) mass is 246 g/mol. The molecule has 0 unspecified atom stereocenters. The maximum atomic E-state index is 10.6. The molecule has 0 aliphatic carbocycles. The summed E-state index contributed by atoms with van der Waals surface area (Å²) in [6.45, 7) is 4.50. The second kappa shape index (κ2) is 11.7. The smallest absolute Gasteiger partial charge is 0.149 e. The van der Waals surface area contributed by atoms with Crippen molar-refractivity contribution in [1.82, 2.24) is 0 Å². The van der Waals surface area contributed by atoms with Crippen LogP contribution in [0.25, 0.3) is 0 Å². The maximum absolute atomic E-state index is 10.6. The Balaban J connectivity index is 2.98.